The van der Waals surface area contributed by atoms with Crippen molar-refractivity contribution in [3.8, 4) is 11.1 Å². The molecule has 1 aromatic carbocycles. The molecule has 5 rings (SSSR count). The second-order valence-corrected chi connectivity index (χ2v) is 11.1. The molecule has 226 valence electrons. The molecule has 2 saturated heterocycles. The highest BCUT2D eigenvalue weighted by Crippen LogP contribution is 2.26. The van der Waals surface area contributed by atoms with Crippen molar-refractivity contribution in [3.63, 3.8) is 0 Å². The number of likely N-dealkylation sites (tertiary alicyclic amines) is 1. The van der Waals surface area contributed by atoms with Crippen molar-refractivity contribution in [2.75, 3.05) is 30.8 Å². The number of alkyl carbamates (subject to hydrolysis) is 1. The summed E-state index contributed by atoms with van der Waals surface area (Å²) in [7, 11) is 1.24. The maximum absolute atomic E-state index is 13.3. The topological polar surface area (TPSA) is 168 Å². The molecule has 0 bridgehead atoms. The third-order valence-electron chi connectivity index (χ3n) is 7.77. The van der Waals surface area contributed by atoms with Crippen molar-refractivity contribution in [3.05, 3.63) is 42.7 Å². The van der Waals surface area contributed by atoms with Crippen molar-refractivity contribution in [1.29, 1.82) is 0 Å². The van der Waals surface area contributed by atoms with Crippen LogP contribution in [-0.2, 0) is 19.1 Å². The summed E-state index contributed by atoms with van der Waals surface area (Å²) < 4.78 is 4.67. The van der Waals surface area contributed by atoms with Crippen LogP contribution < -0.4 is 21.3 Å². The zero-order chi connectivity index (χ0) is 30.5. The Morgan fingerprint density at radius 3 is 2.47 bits per heavy atom. The number of amides is 4. The highest BCUT2D eigenvalue weighted by Gasteiger charge is 2.39. The maximum atomic E-state index is 13.3. The first-order valence-electron chi connectivity index (χ1n) is 14.5. The van der Waals surface area contributed by atoms with Crippen LogP contribution >= 0.6 is 0 Å². The van der Waals surface area contributed by atoms with E-state index >= 15 is 0 Å². The fourth-order valence-electron chi connectivity index (χ4n) is 5.41. The molecule has 0 saturated carbocycles. The van der Waals surface area contributed by atoms with Crippen LogP contribution in [0.5, 0.6) is 0 Å². The van der Waals surface area contributed by atoms with Crippen LogP contribution in [0.3, 0.4) is 0 Å². The minimum absolute atomic E-state index is 0.132. The Bertz CT molecular complexity index is 1510. The molecule has 4 amide bonds. The van der Waals surface area contributed by atoms with Gasteiger partial charge >= 0.3 is 6.09 Å². The predicted octanol–water partition coefficient (Wildman–Crippen LogP) is 2.69. The smallest absolute Gasteiger partial charge is 0.407 e. The molecule has 0 spiro atoms. The Hall–Kier alpha value is -4.65. The molecular weight excluding hydrogens is 552 g/mol. The molecule has 3 aromatic rings. The Balaban J connectivity index is 1.24. The van der Waals surface area contributed by atoms with Gasteiger partial charge in [0.15, 0.2) is 0 Å². The van der Waals surface area contributed by atoms with Crippen LogP contribution in [0.25, 0.3) is 22.0 Å². The summed E-state index contributed by atoms with van der Waals surface area (Å²) in [6.07, 6.45) is 5.59. The number of benzene rings is 1. The van der Waals surface area contributed by atoms with E-state index in [1.54, 1.807) is 18.5 Å². The van der Waals surface area contributed by atoms with Crippen molar-refractivity contribution in [2.24, 2.45) is 5.92 Å². The molecule has 3 unspecified atom stereocenters. The van der Waals surface area contributed by atoms with E-state index in [0.29, 0.717) is 30.7 Å². The van der Waals surface area contributed by atoms with Crippen molar-refractivity contribution >= 4 is 46.5 Å². The predicted molar refractivity (Wildman–Crippen MR) is 160 cm³/mol. The molecular formula is C30H36N8O5. The van der Waals surface area contributed by atoms with Gasteiger partial charge in [-0.05, 0) is 68.0 Å². The van der Waals surface area contributed by atoms with Gasteiger partial charge in [0.2, 0.25) is 23.7 Å². The van der Waals surface area contributed by atoms with Gasteiger partial charge in [0.05, 0.1) is 18.7 Å². The van der Waals surface area contributed by atoms with E-state index in [0.717, 1.165) is 35.9 Å². The Kier molecular flexibility index (Phi) is 9.10. The van der Waals surface area contributed by atoms with Crippen molar-refractivity contribution in [1.82, 2.24) is 30.5 Å². The Labute approximate surface area is 249 Å². The number of nitrogens with zero attached hydrogens (tertiary/aromatic N) is 4. The first kappa shape index (κ1) is 29.8. The minimum Gasteiger partial charge on any atom is -0.453 e. The lowest BCUT2D eigenvalue weighted by Gasteiger charge is -2.30. The van der Waals surface area contributed by atoms with Crippen LogP contribution in [0, 0.1) is 5.92 Å². The molecule has 4 N–H and O–H groups in total. The fraction of sp³-hybridized carbons (Fsp3) is 0.433. The van der Waals surface area contributed by atoms with Crippen LogP contribution in [0.4, 0.5) is 16.6 Å². The van der Waals surface area contributed by atoms with Gasteiger partial charge in [0, 0.05) is 29.9 Å². The highest BCUT2D eigenvalue weighted by molar-refractivity contribution is 5.99. The number of fused-ring (bicyclic) bond motifs is 1. The SMILES string of the molecule is COC(=O)NC(C(=O)N1CCCC1C(=O)Nc1ccc2cc(-c3cnc(NC(=O)C4CCCN4)nc3)ccc2n1)C(C)C. The summed E-state index contributed by atoms with van der Waals surface area (Å²) in [4.78, 5) is 65.3. The molecule has 13 nitrogen and oxygen atoms in total. The molecule has 3 atom stereocenters. The number of nitrogens with one attached hydrogen (secondary N) is 4. The first-order valence-corrected chi connectivity index (χ1v) is 14.5. The number of hydrogen-bond donors (Lipinski definition) is 4. The number of hydrogen-bond acceptors (Lipinski definition) is 9. The van der Waals surface area contributed by atoms with Gasteiger partial charge in [0.1, 0.15) is 17.9 Å². The van der Waals surface area contributed by atoms with Gasteiger partial charge < -0.3 is 25.6 Å². The number of pyridine rings is 1. The van der Waals surface area contributed by atoms with Crippen LogP contribution in [0.2, 0.25) is 0 Å². The minimum atomic E-state index is -0.802. The van der Waals surface area contributed by atoms with E-state index < -0.39 is 18.2 Å². The van der Waals surface area contributed by atoms with Crippen molar-refractivity contribution < 1.29 is 23.9 Å². The lowest BCUT2D eigenvalue weighted by atomic mass is 10.0. The first-order chi connectivity index (χ1) is 20.7. The van der Waals surface area contributed by atoms with E-state index in [4.69, 9.17) is 0 Å². The summed E-state index contributed by atoms with van der Waals surface area (Å²) in [6, 6.07) is 7.57. The third kappa shape index (κ3) is 6.88. The fourth-order valence-corrected chi connectivity index (χ4v) is 5.41. The number of carbonyl (C=O) groups is 4. The zero-order valence-corrected chi connectivity index (χ0v) is 24.4. The number of aromatic nitrogens is 3. The third-order valence-corrected chi connectivity index (χ3v) is 7.77. The average Bonchev–Trinajstić information content (AvgIpc) is 3.73. The maximum Gasteiger partial charge on any atom is 0.407 e. The van der Waals surface area contributed by atoms with E-state index in [1.165, 1.54) is 12.0 Å². The van der Waals surface area contributed by atoms with Crippen LogP contribution in [-0.4, -0.2) is 82.0 Å². The zero-order valence-electron chi connectivity index (χ0n) is 24.4. The summed E-state index contributed by atoms with van der Waals surface area (Å²) in [5, 5.41) is 12.2. The summed E-state index contributed by atoms with van der Waals surface area (Å²) in [5.74, 6) is -0.338. The number of ether oxygens (including phenoxy) is 1. The van der Waals surface area contributed by atoms with Gasteiger partial charge in [0.25, 0.3) is 0 Å². The molecule has 2 fully saturated rings. The Morgan fingerprint density at radius 2 is 1.77 bits per heavy atom. The second-order valence-electron chi connectivity index (χ2n) is 11.1. The monoisotopic (exact) mass is 588 g/mol. The molecule has 2 aliphatic heterocycles. The molecule has 2 aliphatic rings. The molecule has 0 radical (unpaired) electrons. The number of methoxy groups -OCH3 is 1. The summed E-state index contributed by atoms with van der Waals surface area (Å²) in [6.45, 7) is 4.90. The Morgan fingerprint density at radius 1 is 0.977 bits per heavy atom. The van der Waals surface area contributed by atoms with Gasteiger partial charge in [-0.3, -0.25) is 19.7 Å². The lowest BCUT2D eigenvalue weighted by Crippen LogP contribution is -2.54. The van der Waals surface area contributed by atoms with E-state index in [1.807, 2.05) is 38.1 Å². The van der Waals surface area contributed by atoms with Gasteiger partial charge in [-0.15, -0.1) is 0 Å². The van der Waals surface area contributed by atoms with E-state index in [2.05, 4.69) is 41.0 Å². The molecule has 13 heteroatoms. The van der Waals surface area contributed by atoms with Crippen LogP contribution in [0.1, 0.15) is 39.5 Å². The molecule has 2 aromatic heterocycles. The van der Waals surface area contributed by atoms with Gasteiger partial charge in [-0.2, -0.15) is 0 Å². The molecule has 4 heterocycles. The van der Waals surface area contributed by atoms with Crippen molar-refractivity contribution in [2.45, 2.75) is 57.7 Å². The summed E-state index contributed by atoms with van der Waals surface area (Å²) in [5.41, 5.74) is 2.34. The standard InChI is InChI=1S/C30H36N8O5/c1-17(2)25(36-30(42)43-3)28(41)38-13-5-7-23(38)27(40)35-24-11-9-19-14-18(8-10-21(19)34-24)20-15-32-29(33-16-20)37-26(39)22-6-4-12-31-22/h8-11,14-17,22-23,25,31H,4-7,12-13H2,1-3H3,(H,36,42)(H,34,35,40)(H,32,33,37,39). The average molecular weight is 589 g/mol. The second kappa shape index (κ2) is 13.1. The van der Waals surface area contributed by atoms with Gasteiger partial charge in [-0.25, -0.2) is 19.7 Å². The lowest BCUT2D eigenvalue weighted by molar-refractivity contribution is -0.139. The van der Waals surface area contributed by atoms with Gasteiger partial charge in [-0.1, -0.05) is 19.9 Å². The number of carbonyl (C=O) groups excluding carboxylic acids is 4. The molecule has 0 aliphatic carbocycles. The van der Waals surface area contributed by atoms with E-state index in [9.17, 15) is 19.2 Å². The highest BCUT2D eigenvalue weighted by atomic mass is 16.5. The summed E-state index contributed by atoms with van der Waals surface area (Å²) >= 11 is 0. The quantitative estimate of drug-likeness (QED) is 0.309. The van der Waals surface area contributed by atoms with Crippen LogP contribution in [0.15, 0.2) is 42.7 Å². The normalized spacial score (nSPS) is 18.8. The molecule has 43 heavy (non-hydrogen) atoms. The number of rotatable bonds is 8. The number of anilines is 2. The van der Waals surface area contributed by atoms with E-state index in [-0.39, 0.29) is 35.6 Å². The largest absolute Gasteiger partial charge is 0.453 e.